The zero-order chi connectivity index (χ0) is 24.3. The van der Waals surface area contributed by atoms with E-state index in [-0.39, 0.29) is 36.7 Å². The van der Waals surface area contributed by atoms with Gasteiger partial charge in [0.2, 0.25) is 11.8 Å². The van der Waals surface area contributed by atoms with Gasteiger partial charge >= 0.3 is 0 Å². The molecule has 1 N–H and O–H groups in total. The van der Waals surface area contributed by atoms with Crippen molar-refractivity contribution in [2.75, 3.05) is 20.1 Å². The molecule has 5 heterocycles. The highest BCUT2D eigenvalue weighted by molar-refractivity contribution is 6.05. The summed E-state index contributed by atoms with van der Waals surface area (Å²) in [7, 11) is 2.12. The number of carbonyl (C=O) groups is 4. The predicted octanol–water partition coefficient (Wildman–Crippen LogP) is 0.337. The van der Waals surface area contributed by atoms with Gasteiger partial charge in [-0.1, -0.05) is 5.21 Å². The summed E-state index contributed by atoms with van der Waals surface area (Å²) in [6.07, 6.45) is 5.24. The monoisotopic (exact) mass is 477 g/mol. The topological polar surface area (TPSA) is 121 Å². The van der Waals surface area contributed by atoms with Gasteiger partial charge in [-0.3, -0.25) is 24.5 Å². The number of piperidine rings is 2. The molecule has 11 nitrogen and oxygen atoms in total. The molecule has 3 fully saturated rings. The molecule has 1 unspecified atom stereocenters. The first-order valence-corrected chi connectivity index (χ1v) is 12.1. The fraction of sp³-hybridized carbons (Fsp3) is 0.500. The van der Waals surface area contributed by atoms with Gasteiger partial charge in [-0.2, -0.15) is 0 Å². The largest absolute Gasteiger partial charge is 0.333 e. The van der Waals surface area contributed by atoms with Crippen molar-refractivity contribution in [3.05, 3.63) is 41.2 Å². The van der Waals surface area contributed by atoms with Crippen LogP contribution in [0.2, 0.25) is 0 Å². The smallest absolute Gasteiger partial charge is 0.276 e. The Labute approximate surface area is 202 Å². The maximum absolute atomic E-state index is 13.3. The molecule has 0 radical (unpaired) electrons. The highest BCUT2D eigenvalue weighted by Crippen LogP contribution is 2.31. The number of nitrogens with zero attached hydrogens (tertiary/aromatic N) is 6. The number of carbonyl (C=O) groups excluding carboxylic acids is 4. The number of likely N-dealkylation sites (tertiary alicyclic amines) is 2. The Morgan fingerprint density at radius 3 is 2.77 bits per heavy atom. The van der Waals surface area contributed by atoms with Gasteiger partial charge in [0, 0.05) is 43.7 Å². The summed E-state index contributed by atoms with van der Waals surface area (Å²) in [5.41, 5.74) is 2.29. The van der Waals surface area contributed by atoms with Crippen LogP contribution in [-0.4, -0.2) is 91.6 Å². The van der Waals surface area contributed by atoms with Gasteiger partial charge in [-0.25, -0.2) is 4.68 Å². The van der Waals surface area contributed by atoms with Gasteiger partial charge < -0.3 is 14.7 Å². The van der Waals surface area contributed by atoms with E-state index >= 15 is 0 Å². The number of likely N-dealkylation sites (N-methyl/N-ethyl adjacent to an activating group) is 1. The highest BCUT2D eigenvalue weighted by Gasteiger charge is 2.41. The van der Waals surface area contributed by atoms with E-state index in [4.69, 9.17) is 0 Å². The molecular weight excluding hydrogens is 450 g/mol. The molecule has 11 heteroatoms. The molecule has 1 aromatic heterocycles. The van der Waals surface area contributed by atoms with Gasteiger partial charge in [0.05, 0.1) is 11.9 Å². The van der Waals surface area contributed by atoms with Gasteiger partial charge in [0.25, 0.3) is 11.8 Å². The van der Waals surface area contributed by atoms with Crippen LogP contribution in [0.3, 0.4) is 0 Å². The number of rotatable bonds is 3. The first-order chi connectivity index (χ1) is 16.9. The van der Waals surface area contributed by atoms with E-state index < -0.39 is 11.9 Å². The maximum atomic E-state index is 13.3. The zero-order valence-corrected chi connectivity index (χ0v) is 19.5. The molecule has 6 rings (SSSR count). The molecule has 3 saturated heterocycles. The lowest BCUT2D eigenvalue weighted by molar-refractivity contribution is -0.136. The number of fused-ring (bicyclic) bond motifs is 2. The van der Waals surface area contributed by atoms with Crippen molar-refractivity contribution in [1.29, 1.82) is 0 Å². The molecule has 1 aromatic carbocycles. The summed E-state index contributed by atoms with van der Waals surface area (Å²) >= 11 is 0. The average molecular weight is 478 g/mol. The first-order valence-electron chi connectivity index (χ1n) is 12.1. The Bertz CT molecular complexity index is 1240. The summed E-state index contributed by atoms with van der Waals surface area (Å²) < 4.78 is 1.55. The van der Waals surface area contributed by atoms with E-state index in [1.807, 2.05) is 11.0 Å². The third kappa shape index (κ3) is 3.61. The van der Waals surface area contributed by atoms with E-state index in [1.165, 1.54) is 4.90 Å². The van der Waals surface area contributed by atoms with Crippen LogP contribution in [-0.2, 0) is 16.1 Å². The summed E-state index contributed by atoms with van der Waals surface area (Å²) in [5.74, 6) is -1.07. The van der Waals surface area contributed by atoms with Crippen molar-refractivity contribution in [2.45, 2.75) is 56.8 Å². The van der Waals surface area contributed by atoms with Gasteiger partial charge in [0.1, 0.15) is 6.04 Å². The lowest BCUT2D eigenvalue weighted by atomic mass is 9.96. The Hall–Kier alpha value is -3.60. The van der Waals surface area contributed by atoms with Crippen LogP contribution in [0.15, 0.2) is 24.4 Å². The second-order valence-electron chi connectivity index (χ2n) is 9.83. The second kappa shape index (κ2) is 8.26. The van der Waals surface area contributed by atoms with Crippen LogP contribution < -0.4 is 5.32 Å². The van der Waals surface area contributed by atoms with Crippen LogP contribution in [0.4, 0.5) is 0 Å². The lowest BCUT2D eigenvalue weighted by Crippen LogP contribution is -2.52. The Balaban J connectivity index is 1.20. The molecule has 3 atom stereocenters. The summed E-state index contributed by atoms with van der Waals surface area (Å²) in [4.78, 5) is 55.7. The van der Waals surface area contributed by atoms with Gasteiger partial charge in [0.15, 0.2) is 5.69 Å². The van der Waals surface area contributed by atoms with Crippen LogP contribution in [0.25, 0.3) is 5.69 Å². The lowest BCUT2D eigenvalue weighted by Gasteiger charge is -2.38. The first kappa shape index (κ1) is 21.9. The number of benzene rings is 1. The van der Waals surface area contributed by atoms with Crippen LogP contribution >= 0.6 is 0 Å². The predicted molar refractivity (Wildman–Crippen MR) is 122 cm³/mol. The highest BCUT2D eigenvalue weighted by atomic mass is 16.2. The van der Waals surface area contributed by atoms with Crippen molar-refractivity contribution >= 4 is 23.6 Å². The SMILES string of the molecule is CN1CC[C@@H]2[C@H]1CCCN2C(=O)c1cn(-c2ccc3c(c2)CN(C2CCC(=O)NC2=O)C3=O)nn1. The zero-order valence-electron chi connectivity index (χ0n) is 19.5. The number of hydrogen-bond acceptors (Lipinski definition) is 7. The van der Waals surface area contributed by atoms with E-state index in [1.54, 1.807) is 23.0 Å². The molecule has 4 aliphatic rings. The molecular formula is C24H27N7O4. The van der Waals surface area contributed by atoms with Crippen molar-refractivity contribution < 1.29 is 19.2 Å². The third-order valence-electron chi connectivity index (χ3n) is 7.83. The quantitative estimate of drug-likeness (QED) is 0.633. The third-order valence-corrected chi connectivity index (χ3v) is 7.83. The Morgan fingerprint density at radius 1 is 1.09 bits per heavy atom. The number of aromatic nitrogens is 3. The van der Waals surface area contributed by atoms with E-state index in [2.05, 4.69) is 27.6 Å². The van der Waals surface area contributed by atoms with Crippen molar-refractivity contribution in [1.82, 2.24) is 35.0 Å². The molecule has 35 heavy (non-hydrogen) atoms. The summed E-state index contributed by atoms with van der Waals surface area (Å²) in [6.45, 7) is 2.01. The fourth-order valence-electron chi connectivity index (χ4n) is 5.99. The van der Waals surface area contributed by atoms with Crippen LogP contribution in [0.1, 0.15) is 58.5 Å². The van der Waals surface area contributed by atoms with Crippen molar-refractivity contribution in [2.24, 2.45) is 0 Å². The van der Waals surface area contributed by atoms with Gasteiger partial charge in [-0.05, 0) is 56.5 Å². The number of nitrogens with one attached hydrogen (secondary N) is 1. The maximum Gasteiger partial charge on any atom is 0.276 e. The standard InChI is InChI=1S/C24H27N7O4/c1-28-10-8-19-18(28)3-2-9-29(19)24(35)17-13-31(27-26-17)15-4-5-16-14(11-15)12-30(23(16)34)20-6-7-21(32)25-22(20)33/h4-5,11,13,18-20H,2-3,6-10,12H2,1H3,(H,25,32,33)/t18-,19-,20?/m1/s1. The average Bonchev–Trinajstić information content (AvgIpc) is 3.57. The van der Waals surface area contributed by atoms with Gasteiger partial charge in [-0.15, -0.1) is 5.10 Å². The van der Waals surface area contributed by atoms with E-state index in [9.17, 15) is 19.2 Å². The molecule has 0 bridgehead atoms. The molecule has 4 aliphatic heterocycles. The van der Waals surface area contributed by atoms with Crippen LogP contribution in [0, 0.1) is 0 Å². The molecule has 4 amide bonds. The van der Waals surface area contributed by atoms with Crippen LogP contribution in [0.5, 0.6) is 0 Å². The molecule has 0 spiro atoms. The minimum absolute atomic E-state index is 0.0957. The Morgan fingerprint density at radius 2 is 1.94 bits per heavy atom. The summed E-state index contributed by atoms with van der Waals surface area (Å²) in [5, 5.41) is 10.7. The molecule has 2 aromatic rings. The minimum Gasteiger partial charge on any atom is -0.333 e. The summed E-state index contributed by atoms with van der Waals surface area (Å²) in [6, 6.07) is 5.28. The number of imide groups is 1. The molecule has 0 aliphatic carbocycles. The molecule has 182 valence electrons. The normalized spacial score (nSPS) is 26.7. The number of hydrogen-bond donors (Lipinski definition) is 1. The molecule has 0 saturated carbocycles. The second-order valence-corrected chi connectivity index (χ2v) is 9.83. The minimum atomic E-state index is -0.658. The van der Waals surface area contributed by atoms with Crippen molar-refractivity contribution in [3.8, 4) is 5.69 Å². The Kier molecular flexibility index (Phi) is 5.17. The van der Waals surface area contributed by atoms with Crippen molar-refractivity contribution in [3.63, 3.8) is 0 Å². The van der Waals surface area contributed by atoms with E-state index in [0.29, 0.717) is 29.4 Å². The van der Waals surface area contributed by atoms with E-state index in [0.717, 1.165) is 37.9 Å². The number of amides is 4. The fourth-order valence-corrected chi connectivity index (χ4v) is 5.99.